The van der Waals surface area contributed by atoms with Crippen LogP contribution in [-0.4, -0.2) is 72.5 Å². The highest BCUT2D eigenvalue weighted by Crippen LogP contribution is 2.33. The number of H-pyrrole nitrogens is 1. The molecular formula is C30H29FN2O6. The average Bonchev–Trinajstić information content (AvgIpc) is 3.75. The fraction of sp³-hybridized carbons (Fsp3) is 0.367. The molecule has 3 aliphatic heterocycles. The highest BCUT2D eigenvalue weighted by atomic mass is 19.1. The molecule has 0 spiro atoms. The lowest BCUT2D eigenvalue weighted by Crippen LogP contribution is -2.31. The summed E-state index contributed by atoms with van der Waals surface area (Å²) in [6, 6.07) is 18.9. The maximum Gasteiger partial charge on any atom is 0.193 e. The van der Waals surface area contributed by atoms with Gasteiger partial charge in [0.05, 0.1) is 50.2 Å². The smallest absolute Gasteiger partial charge is 0.193 e. The molecule has 9 heteroatoms. The Morgan fingerprint density at radius 1 is 0.923 bits per heavy atom. The molecule has 0 aliphatic carbocycles. The van der Waals surface area contributed by atoms with E-state index >= 15 is 4.39 Å². The fourth-order valence-corrected chi connectivity index (χ4v) is 5.53. The summed E-state index contributed by atoms with van der Waals surface area (Å²) in [6.07, 6.45) is -0.0349. The molecule has 8 nitrogen and oxygen atoms in total. The SMILES string of the molecule is OC1CO[C@@H]2C(COc3cc4nc(-c5ccc(-c6ccc(OC7CCOC7)cc6)cc5)c(F)cc4[nH]3)CO[C@H]12. The van der Waals surface area contributed by atoms with Crippen molar-refractivity contribution < 1.29 is 33.2 Å². The van der Waals surface area contributed by atoms with Gasteiger partial charge in [-0.3, -0.25) is 0 Å². The van der Waals surface area contributed by atoms with Crippen molar-refractivity contribution in [2.75, 3.05) is 33.0 Å². The van der Waals surface area contributed by atoms with Gasteiger partial charge in [0.1, 0.15) is 29.8 Å². The van der Waals surface area contributed by atoms with Gasteiger partial charge in [0.15, 0.2) is 11.7 Å². The number of aromatic nitrogens is 2. The van der Waals surface area contributed by atoms with E-state index in [9.17, 15) is 5.11 Å². The van der Waals surface area contributed by atoms with Crippen LogP contribution in [-0.2, 0) is 14.2 Å². The van der Waals surface area contributed by atoms with Crippen molar-refractivity contribution in [1.29, 1.82) is 0 Å². The lowest BCUT2D eigenvalue weighted by Gasteiger charge is -2.15. The molecule has 3 aliphatic rings. The normalized spacial score (nSPS) is 26.3. The Morgan fingerprint density at radius 2 is 1.67 bits per heavy atom. The van der Waals surface area contributed by atoms with Crippen LogP contribution in [0.3, 0.4) is 0 Å². The van der Waals surface area contributed by atoms with Gasteiger partial charge in [0, 0.05) is 30.0 Å². The second kappa shape index (κ2) is 10.2. The topological polar surface area (TPSA) is 95.1 Å². The molecule has 3 saturated heterocycles. The maximum absolute atomic E-state index is 15.1. The third kappa shape index (κ3) is 4.87. The highest BCUT2D eigenvalue weighted by Gasteiger charge is 2.47. The molecule has 0 amide bonds. The number of halogens is 1. The van der Waals surface area contributed by atoms with Crippen molar-refractivity contribution in [3.8, 4) is 34.0 Å². The van der Waals surface area contributed by atoms with Crippen LogP contribution >= 0.6 is 0 Å². The van der Waals surface area contributed by atoms with Crippen LogP contribution in [0.25, 0.3) is 33.4 Å². The van der Waals surface area contributed by atoms with Crippen LogP contribution in [0.2, 0.25) is 0 Å². The standard InChI is InChI=1S/C30H29FN2O6/c31-23-11-24-25(12-27(32-24)36-13-20-14-37-30-26(34)16-38-29(20)30)33-28(23)19-3-1-17(2-4-19)18-5-7-21(8-6-18)39-22-9-10-35-15-22/h1-8,11-12,20,22,26,29-30,32,34H,9-10,13-16H2/t20?,22?,26?,29-,30-/m1/s1. The van der Waals surface area contributed by atoms with Crippen molar-refractivity contribution in [2.24, 2.45) is 5.92 Å². The Balaban J connectivity index is 1.04. The Morgan fingerprint density at radius 3 is 2.44 bits per heavy atom. The third-order valence-electron chi connectivity index (χ3n) is 7.65. The first-order valence-electron chi connectivity index (χ1n) is 13.3. The molecule has 0 saturated carbocycles. The van der Waals surface area contributed by atoms with Crippen LogP contribution < -0.4 is 9.47 Å². The van der Waals surface area contributed by atoms with Gasteiger partial charge >= 0.3 is 0 Å². The number of aliphatic hydroxyl groups is 1. The zero-order chi connectivity index (χ0) is 26.3. The predicted molar refractivity (Wildman–Crippen MR) is 141 cm³/mol. The minimum atomic E-state index is -0.593. The van der Waals surface area contributed by atoms with Crippen molar-refractivity contribution in [1.82, 2.24) is 9.97 Å². The minimum absolute atomic E-state index is 0.0166. The zero-order valence-electron chi connectivity index (χ0n) is 21.2. The molecule has 5 atom stereocenters. The molecule has 3 unspecified atom stereocenters. The molecule has 202 valence electrons. The minimum Gasteiger partial charge on any atom is -0.488 e. The van der Waals surface area contributed by atoms with E-state index in [0.717, 1.165) is 29.9 Å². The Bertz CT molecular complexity index is 1450. The van der Waals surface area contributed by atoms with E-state index < -0.39 is 11.9 Å². The number of fused-ring (bicyclic) bond motifs is 2. The third-order valence-corrected chi connectivity index (χ3v) is 7.65. The van der Waals surface area contributed by atoms with E-state index in [2.05, 4.69) is 9.97 Å². The van der Waals surface area contributed by atoms with Crippen LogP contribution in [0.4, 0.5) is 4.39 Å². The molecule has 0 radical (unpaired) electrons. The first-order chi connectivity index (χ1) is 19.1. The summed E-state index contributed by atoms with van der Waals surface area (Å²) in [5.41, 5.74) is 4.20. The van der Waals surface area contributed by atoms with E-state index in [1.165, 1.54) is 6.07 Å². The largest absolute Gasteiger partial charge is 0.488 e. The average molecular weight is 533 g/mol. The number of benzene rings is 2. The number of aromatic amines is 1. The van der Waals surface area contributed by atoms with Crippen molar-refractivity contribution in [2.45, 2.75) is 30.8 Å². The molecule has 2 N–H and O–H groups in total. The van der Waals surface area contributed by atoms with Gasteiger partial charge in [-0.1, -0.05) is 36.4 Å². The first kappa shape index (κ1) is 24.5. The van der Waals surface area contributed by atoms with Crippen LogP contribution in [0.5, 0.6) is 11.6 Å². The lowest BCUT2D eigenvalue weighted by atomic mass is 10.0. The van der Waals surface area contributed by atoms with Gasteiger partial charge < -0.3 is 33.8 Å². The number of rotatable bonds is 7. The number of hydrogen-bond acceptors (Lipinski definition) is 7. The molecule has 2 aromatic carbocycles. The van der Waals surface area contributed by atoms with E-state index in [0.29, 0.717) is 42.3 Å². The quantitative estimate of drug-likeness (QED) is 0.365. The molecule has 3 fully saturated rings. The van der Waals surface area contributed by atoms with E-state index in [-0.39, 0.29) is 36.5 Å². The van der Waals surface area contributed by atoms with Gasteiger partial charge in [-0.05, 0) is 23.3 Å². The summed E-state index contributed by atoms with van der Waals surface area (Å²) >= 11 is 0. The second-order valence-electron chi connectivity index (χ2n) is 10.3. The zero-order valence-corrected chi connectivity index (χ0v) is 21.2. The summed E-state index contributed by atoms with van der Waals surface area (Å²) < 4.78 is 43.6. The van der Waals surface area contributed by atoms with Crippen molar-refractivity contribution >= 4 is 11.0 Å². The first-order valence-corrected chi connectivity index (χ1v) is 13.3. The number of nitrogens with zero attached hydrogens (tertiary/aromatic N) is 1. The van der Waals surface area contributed by atoms with Crippen LogP contribution in [0, 0.1) is 11.7 Å². The van der Waals surface area contributed by atoms with Crippen LogP contribution in [0.1, 0.15) is 6.42 Å². The van der Waals surface area contributed by atoms with E-state index in [1.54, 1.807) is 6.07 Å². The van der Waals surface area contributed by atoms with Crippen molar-refractivity contribution in [3.63, 3.8) is 0 Å². The summed E-state index contributed by atoms with van der Waals surface area (Å²) in [4.78, 5) is 7.67. The number of aliphatic hydroxyl groups excluding tert-OH is 1. The number of nitrogens with one attached hydrogen (secondary N) is 1. The Labute approximate surface area is 224 Å². The molecule has 39 heavy (non-hydrogen) atoms. The summed E-state index contributed by atoms with van der Waals surface area (Å²) in [6.45, 7) is 2.49. The number of pyridine rings is 1. The molecule has 2 aromatic heterocycles. The van der Waals surface area contributed by atoms with Gasteiger partial charge in [-0.2, -0.15) is 0 Å². The highest BCUT2D eigenvalue weighted by molar-refractivity contribution is 5.81. The van der Waals surface area contributed by atoms with Gasteiger partial charge in [0.2, 0.25) is 0 Å². The molecule has 4 aromatic rings. The Hall–Kier alpha value is -3.50. The summed E-state index contributed by atoms with van der Waals surface area (Å²) in [7, 11) is 0. The van der Waals surface area contributed by atoms with Gasteiger partial charge in [-0.25, -0.2) is 9.37 Å². The van der Waals surface area contributed by atoms with Gasteiger partial charge in [0.25, 0.3) is 0 Å². The summed E-state index contributed by atoms with van der Waals surface area (Å²) in [5.74, 6) is 0.926. The maximum atomic E-state index is 15.1. The lowest BCUT2D eigenvalue weighted by molar-refractivity contribution is 0.0152. The second-order valence-corrected chi connectivity index (χ2v) is 10.3. The molecule has 5 heterocycles. The summed E-state index contributed by atoms with van der Waals surface area (Å²) in [5, 5.41) is 9.92. The molecular weight excluding hydrogens is 503 g/mol. The number of ether oxygens (including phenoxy) is 5. The fourth-order valence-electron chi connectivity index (χ4n) is 5.53. The van der Waals surface area contributed by atoms with Gasteiger partial charge in [-0.15, -0.1) is 0 Å². The Kier molecular flexibility index (Phi) is 6.44. The monoisotopic (exact) mass is 532 g/mol. The predicted octanol–water partition coefficient (Wildman–Crippen LogP) is 4.36. The van der Waals surface area contributed by atoms with Crippen molar-refractivity contribution in [3.05, 3.63) is 66.5 Å². The van der Waals surface area contributed by atoms with E-state index in [4.69, 9.17) is 23.7 Å². The number of hydrogen-bond donors (Lipinski definition) is 2. The van der Waals surface area contributed by atoms with E-state index in [1.807, 2.05) is 48.5 Å². The van der Waals surface area contributed by atoms with Crippen LogP contribution in [0.15, 0.2) is 60.7 Å². The molecule has 7 rings (SSSR count). The molecule has 0 bridgehead atoms.